The van der Waals surface area contributed by atoms with Gasteiger partial charge in [-0.1, -0.05) is 0 Å². The number of unbranched alkanes of at least 4 members (excludes halogenated alkanes) is 3. The molecular weight excluding hydrogens is 335 g/mol. The van der Waals surface area contributed by atoms with Crippen molar-refractivity contribution in [3.8, 4) is 0 Å². The van der Waals surface area contributed by atoms with Crippen molar-refractivity contribution in [1.82, 2.24) is 0 Å². The summed E-state index contributed by atoms with van der Waals surface area (Å²) in [5.41, 5.74) is 0. The zero-order valence-corrected chi connectivity index (χ0v) is 16.2. The fourth-order valence-corrected chi connectivity index (χ4v) is 11.6. The summed E-state index contributed by atoms with van der Waals surface area (Å²) in [6.45, 7) is 8.46. The minimum atomic E-state index is -1.85. The molecule has 0 aromatic carbocycles. The average Bonchev–Trinajstić information content (AvgIpc) is 2.94. The summed E-state index contributed by atoms with van der Waals surface area (Å²) in [5, 5.41) is -1.85. The number of hydrogen-bond donors (Lipinski definition) is 0. The zero-order valence-electron chi connectivity index (χ0n) is 13.7. The molecule has 0 aromatic rings. The molecule has 0 amide bonds. The fourth-order valence-electron chi connectivity index (χ4n) is 3.15. The summed E-state index contributed by atoms with van der Waals surface area (Å²) in [4.78, 5) is 0. The third-order valence-corrected chi connectivity index (χ3v) is 14.1. The van der Waals surface area contributed by atoms with Crippen LogP contribution in [-0.2, 0) is 9.47 Å². The number of halogens is 1. The first-order chi connectivity index (χ1) is 9.56. The molecule has 0 bridgehead atoms. The van der Waals surface area contributed by atoms with Crippen LogP contribution >= 0.6 is 20.8 Å². The van der Waals surface area contributed by atoms with Crippen LogP contribution in [0.25, 0.3) is 0 Å². The van der Waals surface area contributed by atoms with E-state index in [0.717, 1.165) is 19.4 Å². The summed E-state index contributed by atoms with van der Waals surface area (Å²) < 4.78 is 11.6. The number of hydrogen-bond acceptors (Lipinski definition) is 2. The molecule has 1 aliphatic rings. The van der Waals surface area contributed by atoms with Gasteiger partial charge >= 0.3 is 134 Å². The average molecular weight is 369 g/mol. The Labute approximate surface area is 134 Å². The van der Waals surface area contributed by atoms with Crippen molar-refractivity contribution in [1.29, 1.82) is 0 Å². The van der Waals surface area contributed by atoms with Gasteiger partial charge in [0.15, 0.2) is 0 Å². The van der Waals surface area contributed by atoms with Crippen molar-refractivity contribution in [2.24, 2.45) is 0 Å². The molecule has 0 spiro atoms. The Morgan fingerprint density at radius 3 is 1.60 bits per heavy atom. The van der Waals surface area contributed by atoms with Gasteiger partial charge in [-0.2, -0.15) is 0 Å². The van der Waals surface area contributed by atoms with Crippen molar-refractivity contribution in [3.05, 3.63) is 0 Å². The van der Waals surface area contributed by atoms with Gasteiger partial charge in [0.1, 0.15) is 0 Å². The standard InChI is InChI=1S/C16H34BrO2P/c1-4-7-12-20(17,13-8-5-2,14-9-6-3)15-16-18-10-11-19-16/h16H,4-15H2,1-3H3. The summed E-state index contributed by atoms with van der Waals surface area (Å²) >= 11 is 4.38. The van der Waals surface area contributed by atoms with Gasteiger partial charge in [0, 0.05) is 0 Å². The predicted octanol–water partition coefficient (Wildman–Crippen LogP) is 5.62. The van der Waals surface area contributed by atoms with Crippen molar-refractivity contribution in [2.45, 2.75) is 65.6 Å². The van der Waals surface area contributed by atoms with Crippen molar-refractivity contribution >= 4 is 20.8 Å². The van der Waals surface area contributed by atoms with E-state index in [9.17, 15) is 0 Å². The molecule has 1 aliphatic heterocycles. The molecular formula is C16H34BrO2P. The molecule has 0 saturated carbocycles. The van der Waals surface area contributed by atoms with E-state index in [0.29, 0.717) is 0 Å². The first kappa shape index (κ1) is 18.9. The van der Waals surface area contributed by atoms with E-state index in [-0.39, 0.29) is 6.29 Å². The first-order valence-corrected chi connectivity index (χ1v) is 13.5. The quantitative estimate of drug-likeness (QED) is 0.440. The van der Waals surface area contributed by atoms with Gasteiger partial charge in [-0.25, -0.2) is 0 Å². The maximum absolute atomic E-state index is 5.79. The summed E-state index contributed by atoms with van der Waals surface area (Å²) in [6, 6.07) is 0. The molecule has 1 saturated heterocycles. The molecule has 0 aromatic heterocycles. The van der Waals surface area contributed by atoms with E-state index in [1.165, 1.54) is 57.0 Å². The molecule has 20 heavy (non-hydrogen) atoms. The SMILES string of the molecule is CCCCP(Br)(CCCC)(CCCC)CC1OCCO1. The Bertz CT molecular complexity index is 243. The van der Waals surface area contributed by atoms with Gasteiger partial charge in [-0.05, 0) is 0 Å². The summed E-state index contributed by atoms with van der Waals surface area (Å²) in [5.74, 6) is 0. The third-order valence-electron chi connectivity index (χ3n) is 4.51. The van der Waals surface area contributed by atoms with Gasteiger partial charge in [0.05, 0.1) is 0 Å². The second-order valence-corrected chi connectivity index (χ2v) is 17.8. The normalized spacial score (nSPS) is 19.1. The van der Waals surface area contributed by atoms with Crippen LogP contribution in [-0.4, -0.2) is 44.2 Å². The van der Waals surface area contributed by atoms with E-state index >= 15 is 0 Å². The molecule has 122 valence electrons. The Morgan fingerprint density at radius 1 is 0.850 bits per heavy atom. The molecule has 0 N–H and O–H groups in total. The molecule has 1 rings (SSSR count). The molecule has 2 nitrogen and oxygen atoms in total. The van der Waals surface area contributed by atoms with E-state index < -0.39 is 5.31 Å². The van der Waals surface area contributed by atoms with Crippen LogP contribution < -0.4 is 0 Å². The second kappa shape index (κ2) is 9.08. The van der Waals surface area contributed by atoms with E-state index in [2.05, 4.69) is 36.3 Å². The third kappa shape index (κ3) is 5.91. The monoisotopic (exact) mass is 368 g/mol. The molecule has 0 radical (unpaired) electrons. The van der Waals surface area contributed by atoms with Crippen molar-refractivity contribution in [3.63, 3.8) is 0 Å². The fraction of sp³-hybridized carbons (Fsp3) is 1.00. The van der Waals surface area contributed by atoms with Gasteiger partial charge < -0.3 is 0 Å². The zero-order chi connectivity index (χ0) is 14.9. The predicted molar refractivity (Wildman–Crippen MR) is 95.7 cm³/mol. The Kier molecular flexibility index (Phi) is 8.57. The summed E-state index contributed by atoms with van der Waals surface area (Å²) in [7, 11) is 0. The Hall–Kier alpha value is 0.830. The van der Waals surface area contributed by atoms with Crippen LogP contribution in [0.3, 0.4) is 0 Å². The van der Waals surface area contributed by atoms with Crippen LogP contribution in [0.1, 0.15) is 59.3 Å². The van der Waals surface area contributed by atoms with Crippen molar-refractivity contribution in [2.75, 3.05) is 37.9 Å². The molecule has 0 aliphatic carbocycles. The van der Waals surface area contributed by atoms with Crippen molar-refractivity contribution < 1.29 is 9.47 Å². The maximum atomic E-state index is 5.79. The molecule has 4 heteroatoms. The Balaban J connectivity index is 2.82. The van der Waals surface area contributed by atoms with E-state index in [1.54, 1.807) is 0 Å². The van der Waals surface area contributed by atoms with Crippen LogP contribution in [0.5, 0.6) is 0 Å². The molecule has 1 heterocycles. The first-order valence-electron chi connectivity index (χ1n) is 8.51. The van der Waals surface area contributed by atoms with E-state index in [4.69, 9.17) is 9.47 Å². The Morgan fingerprint density at radius 2 is 1.25 bits per heavy atom. The number of rotatable bonds is 11. The van der Waals surface area contributed by atoms with Crippen LogP contribution in [0, 0.1) is 0 Å². The topological polar surface area (TPSA) is 18.5 Å². The molecule has 1 fully saturated rings. The number of ether oxygens (including phenoxy) is 2. The van der Waals surface area contributed by atoms with Crippen LogP contribution in [0.15, 0.2) is 0 Å². The molecule has 0 atom stereocenters. The van der Waals surface area contributed by atoms with Crippen LogP contribution in [0.2, 0.25) is 0 Å². The van der Waals surface area contributed by atoms with Gasteiger partial charge in [-0.15, -0.1) is 0 Å². The molecule has 0 unspecified atom stereocenters. The summed E-state index contributed by atoms with van der Waals surface area (Å²) in [6.07, 6.45) is 13.2. The second-order valence-electron chi connectivity index (χ2n) is 6.40. The van der Waals surface area contributed by atoms with Gasteiger partial charge in [0.2, 0.25) is 0 Å². The minimum absolute atomic E-state index is 0.0533. The van der Waals surface area contributed by atoms with Crippen LogP contribution in [0.4, 0.5) is 0 Å². The van der Waals surface area contributed by atoms with Gasteiger partial charge in [-0.3, -0.25) is 0 Å². The van der Waals surface area contributed by atoms with E-state index in [1.807, 2.05) is 0 Å². The van der Waals surface area contributed by atoms with Gasteiger partial charge in [0.25, 0.3) is 0 Å².